The van der Waals surface area contributed by atoms with Gasteiger partial charge in [0.2, 0.25) is 0 Å². The molecule has 1 aliphatic carbocycles. The number of rotatable bonds is 1. The SMILES string of the molecule is Cl[C@@H]1CCCC[C@H]1[Te](Cl)(Cl)Cl. The van der Waals surface area contributed by atoms with Crippen molar-refractivity contribution in [2.24, 2.45) is 0 Å². The van der Waals surface area contributed by atoms with Crippen LogP contribution in [0.5, 0.6) is 0 Å². The van der Waals surface area contributed by atoms with Gasteiger partial charge in [-0.3, -0.25) is 0 Å². The Bertz CT molecular complexity index is 133. The van der Waals surface area contributed by atoms with E-state index in [2.05, 4.69) is 0 Å². The summed E-state index contributed by atoms with van der Waals surface area (Å²) in [7, 11) is 17.8. The summed E-state index contributed by atoms with van der Waals surface area (Å²) >= 11 is 3.03. The molecule has 0 heterocycles. The van der Waals surface area contributed by atoms with Crippen LogP contribution in [-0.4, -0.2) is 20.2 Å². The second kappa shape index (κ2) is 4.45. The Morgan fingerprint density at radius 2 is 1.55 bits per heavy atom. The fourth-order valence-electron chi connectivity index (χ4n) is 1.35. The van der Waals surface area contributed by atoms with Gasteiger partial charge in [0.1, 0.15) is 0 Å². The van der Waals surface area contributed by atoms with Gasteiger partial charge in [0, 0.05) is 0 Å². The van der Waals surface area contributed by atoms with E-state index >= 15 is 0 Å². The quantitative estimate of drug-likeness (QED) is 0.491. The summed E-state index contributed by atoms with van der Waals surface area (Å²) in [5, 5.41) is 0.123. The summed E-state index contributed by atoms with van der Waals surface area (Å²) in [5.41, 5.74) is 0. The van der Waals surface area contributed by atoms with Crippen molar-refractivity contribution in [1.82, 2.24) is 0 Å². The Morgan fingerprint density at radius 3 is 1.91 bits per heavy atom. The normalized spacial score (nSPS) is 35.3. The maximum atomic E-state index is 6.06. The zero-order valence-electron chi connectivity index (χ0n) is 5.90. The third-order valence-corrected chi connectivity index (χ3v) is 11.1. The maximum absolute atomic E-state index is 6.06. The average Bonchev–Trinajstić information content (AvgIpc) is 1.86. The zero-order valence-corrected chi connectivity index (χ0v) is 11.3. The minimum atomic E-state index is -3.04. The molecule has 2 atom stereocenters. The number of alkyl halides is 1. The van der Waals surface area contributed by atoms with E-state index < -0.39 is 14.8 Å². The standard InChI is InChI=1S/C6H10Cl4Te/c7-5-3-1-2-4-6(5)11(8,9)10/h5-6H,1-4H2/t5-,6-/m1/s1. The fraction of sp³-hybridized carbons (Fsp3) is 1.00. The summed E-state index contributed by atoms with van der Waals surface area (Å²) in [6.07, 6.45) is 4.40. The Labute approximate surface area is 87.5 Å². The molecule has 1 rings (SSSR count). The van der Waals surface area contributed by atoms with Crippen LogP contribution in [0.2, 0.25) is 3.97 Å². The Balaban J connectivity index is 2.55. The van der Waals surface area contributed by atoms with E-state index in [4.69, 9.17) is 38.5 Å². The number of hydrogen-bond acceptors (Lipinski definition) is 0. The summed E-state index contributed by atoms with van der Waals surface area (Å²) in [6.45, 7) is 0. The van der Waals surface area contributed by atoms with Gasteiger partial charge in [0.05, 0.1) is 0 Å². The molecule has 5 heteroatoms. The molecule has 68 valence electrons. The molecule has 0 bridgehead atoms. The van der Waals surface area contributed by atoms with E-state index in [1.165, 1.54) is 12.8 Å². The molecule has 0 aromatic rings. The molecule has 1 saturated carbocycles. The van der Waals surface area contributed by atoms with Crippen LogP contribution in [0, 0.1) is 0 Å². The molecule has 1 aliphatic rings. The first-order chi connectivity index (χ1) is 5.02. The molecule has 0 aromatic carbocycles. The second-order valence-corrected chi connectivity index (χ2v) is 20.6. The van der Waals surface area contributed by atoms with Crippen LogP contribution in [0.1, 0.15) is 25.7 Å². The molecule has 0 radical (unpaired) electrons. The first-order valence-electron chi connectivity index (χ1n) is 3.57. The predicted molar refractivity (Wildman–Crippen MR) is 55.2 cm³/mol. The summed E-state index contributed by atoms with van der Waals surface area (Å²) in [6, 6.07) is 0. The predicted octanol–water partition coefficient (Wildman–Crippen LogP) is 4.19. The minimum absolute atomic E-state index is 0.123. The van der Waals surface area contributed by atoms with Gasteiger partial charge in [-0.15, -0.1) is 0 Å². The molecular formula is C6H10Cl4Te. The van der Waals surface area contributed by atoms with Crippen molar-refractivity contribution in [2.75, 3.05) is 0 Å². The van der Waals surface area contributed by atoms with Crippen LogP contribution in [-0.2, 0) is 0 Å². The number of halogens is 4. The van der Waals surface area contributed by atoms with Gasteiger partial charge in [-0.1, -0.05) is 0 Å². The molecule has 0 spiro atoms. The van der Waals surface area contributed by atoms with Crippen LogP contribution in [0.4, 0.5) is 0 Å². The molecule has 0 nitrogen and oxygen atoms in total. The molecule has 11 heavy (non-hydrogen) atoms. The van der Waals surface area contributed by atoms with Crippen molar-refractivity contribution in [3.8, 4) is 0 Å². The van der Waals surface area contributed by atoms with Gasteiger partial charge in [-0.2, -0.15) is 0 Å². The molecule has 0 aromatic heterocycles. The van der Waals surface area contributed by atoms with Gasteiger partial charge in [0.15, 0.2) is 0 Å². The van der Waals surface area contributed by atoms with Crippen molar-refractivity contribution in [3.05, 3.63) is 0 Å². The van der Waals surface area contributed by atoms with E-state index in [0.29, 0.717) is 0 Å². The van der Waals surface area contributed by atoms with Crippen LogP contribution < -0.4 is 0 Å². The Morgan fingerprint density at radius 1 is 1.00 bits per heavy atom. The Kier molecular flexibility index (Phi) is 4.46. The molecule has 0 amide bonds. The van der Waals surface area contributed by atoms with Crippen molar-refractivity contribution in [1.29, 1.82) is 0 Å². The molecule has 1 fully saturated rings. The van der Waals surface area contributed by atoms with Gasteiger partial charge in [-0.25, -0.2) is 0 Å². The van der Waals surface area contributed by atoms with Crippen molar-refractivity contribution in [3.63, 3.8) is 0 Å². The van der Waals surface area contributed by atoms with Gasteiger partial charge in [0.25, 0.3) is 0 Å². The summed E-state index contributed by atoms with van der Waals surface area (Å²) in [5.74, 6) is 0. The first kappa shape index (κ1) is 11.0. The number of hydrogen-bond donors (Lipinski definition) is 0. The monoisotopic (exact) mass is 352 g/mol. The molecule has 0 unspecified atom stereocenters. The van der Waals surface area contributed by atoms with E-state index in [-0.39, 0.29) is 9.34 Å². The van der Waals surface area contributed by atoms with E-state index in [0.717, 1.165) is 12.8 Å². The first-order valence-corrected chi connectivity index (χ1v) is 14.2. The zero-order chi connectivity index (χ0) is 8.48. The van der Waals surface area contributed by atoms with Crippen molar-refractivity contribution >= 4 is 53.3 Å². The molecule has 0 saturated heterocycles. The van der Waals surface area contributed by atoms with Crippen molar-refractivity contribution in [2.45, 2.75) is 35.0 Å². The van der Waals surface area contributed by atoms with Crippen LogP contribution >= 0.6 is 38.5 Å². The summed E-state index contributed by atoms with van der Waals surface area (Å²) < 4.78 is 0.220. The average molecular weight is 352 g/mol. The second-order valence-electron chi connectivity index (χ2n) is 2.78. The Hall–Kier alpha value is 1.95. The van der Waals surface area contributed by atoms with Crippen LogP contribution in [0.25, 0.3) is 0 Å². The molecular weight excluding hydrogens is 341 g/mol. The van der Waals surface area contributed by atoms with Crippen LogP contribution in [0.3, 0.4) is 0 Å². The van der Waals surface area contributed by atoms with Crippen LogP contribution in [0.15, 0.2) is 0 Å². The topological polar surface area (TPSA) is 0 Å². The summed E-state index contributed by atoms with van der Waals surface area (Å²) in [4.78, 5) is 0. The van der Waals surface area contributed by atoms with Gasteiger partial charge >= 0.3 is 88.3 Å². The fourth-order valence-corrected chi connectivity index (χ4v) is 10.6. The molecule has 0 N–H and O–H groups in total. The van der Waals surface area contributed by atoms with E-state index in [1.807, 2.05) is 0 Å². The van der Waals surface area contributed by atoms with E-state index in [1.54, 1.807) is 0 Å². The van der Waals surface area contributed by atoms with Gasteiger partial charge < -0.3 is 0 Å². The third-order valence-electron chi connectivity index (χ3n) is 1.97. The van der Waals surface area contributed by atoms with E-state index in [9.17, 15) is 0 Å². The molecule has 0 aliphatic heterocycles. The van der Waals surface area contributed by atoms with Crippen molar-refractivity contribution < 1.29 is 0 Å². The van der Waals surface area contributed by atoms with Gasteiger partial charge in [-0.05, 0) is 0 Å². The third kappa shape index (κ3) is 3.29.